The van der Waals surface area contributed by atoms with E-state index in [1.165, 1.54) is 12.1 Å². The third-order valence-electron chi connectivity index (χ3n) is 3.06. The fourth-order valence-corrected chi connectivity index (χ4v) is 2.70. The minimum absolute atomic E-state index is 0.0474. The Morgan fingerprint density at radius 1 is 1.18 bits per heavy atom. The van der Waals surface area contributed by atoms with Gasteiger partial charge in [0.2, 0.25) is 0 Å². The number of carbonyl (C=O) groups is 1. The zero-order valence-corrected chi connectivity index (χ0v) is 13.5. The summed E-state index contributed by atoms with van der Waals surface area (Å²) in [5, 5.41) is 2.76. The van der Waals surface area contributed by atoms with Crippen LogP contribution in [-0.4, -0.2) is 19.1 Å². The highest BCUT2D eigenvalue weighted by atomic mass is 79.9. The monoisotopic (exact) mass is 385 g/mol. The molecule has 22 heavy (non-hydrogen) atoms. The van der Waals surface area contributed by atoms with Gasteiger partial charge < -0.3 is 14.8 Å². The summed E-state index contributed by atoms with van der Waals surface area (Å²) >= 11 is 9.25. The van der Waals surface area contributed by atoms with E-state index in [1.807, 2.05) is 0 Å². The molecule has 1 heterocycles. The van der Waals surface area contributed by atoms with Gasteiger partial charge in [0.1, 0.15) is 19.0 Å². The van der Waals surface area contributed by atoms with Gasteiger partial charge in [-0.05, 0) is 34.1 Å². The van der Waals surface area contributed by atoms with Crippen LogP contribution in [0.2, 0.25) is 5.02 Å². The molecule has 1 amide bonds. The van der Waals surface area contributed by atoms with E-state index in [-0.39, 0.29) is 10.6 Å². The van der Waals surface area contributed by atoms with E-state index in [9.17, 15) is 9.18 Å². The van der Waals surface area contributed by atoms with Gasteiger partial charge in [0.15, 0.2) is 11.5 Å². The molecule has 0 saturated heterocycles. The molecule has 0 bridgehead atoms. The van der Waals surface area contributed by atoms with Crippen LogP contribution in [0.5, 0.6) is 11.5 Å². The normalized spacial score (nSPS) is 12.9. The van der Waals surface area contributed by atoms with Crippen LogP contribution in [0.1, 0.15) is 10.4 Å². The Balaban J connectivity index is 1.87. The minimum Gasteiger partial charge on any atom is -0.486 e. The Bertz CT molecular complexity index is 754. The smallest absolute Gasteiger partial charge is 0.257 e. The molecule has 0 spiro atoms. The lowest BCUT2D eigenvalue weighted by molar-refractivity contribution is 0.102. The molecule has 0 unspecified atom stereocenters. The molecule has 1 aliphatic rings. The van der Waals surface area contributed by atoms with E-state index in [4.69, 9.17) is 21.1 Å². The molecule has 3 rings (SSSR count). The topological polar surface area (TPSA) is 47.6 Å². The van der Waals surface area contributed by atoms with Crippen LogP contribution in [0.3, 0.4) is 0 Å². The maximum absolute atomic E-state index is 13.0. The third-order valence-corrected chi connectivity index (χ3v) is 4.02. The number of ether oxygens (including phenoxy) is 2. The van der Waals surface area contributed by atoms with Crippen molar-refractivity contribution in [2.75, 3.05) is 18.5 Å². The lowest BCUT2D eigenvalue weighted by Crippen LogP contribution is -2.17. The lowest BCUT2D eigenvalue weighted by atomic mass is 10.2. The van der Waals surface area contributed by atoms with E-state index in [0.29, 0.717) is 34.9 Å². The van der Waals surface area contributed by atoms with Crippen LogP contribution in [0.25, 0.3) is 0 Å². The largest absolute Gasteiger partial charge is 0.486 e. The highest BCUT2D eigenvalue weighted by Crippen LogP contribution is 2.38. The first-order valence-corrected chi connectivity index (χ1v) is 7.57. The molecule has 4 nitrogen and oxygen atoms in total. The number of hydrogen-bond donors (Lipinski definition) is 1. The lowest BCUT2D eigenvalue weighted by Gasteiger charge is -2.20. The molecule has 0 aliphatic carbocycles. The van der Waals surface area contributed by atoms with Crippen molar-refractivity contribution < 1.29 is 18.7 Å². The van der Waals surface area contributed by atoms with Crippen LogP contribution in [0.4, 0.5) is 10.1 Å². The average Bonchev–Trinajstić information content (AvgIpc) is 2.47. The van der Waals surface area contributed by atoms with Gasteiger partial charge in [-0.15, -0.1) is 0 Å². The first kappa shape index (κ1) is 15.1. The average molecular weight is 387 g/mol. The second-order valence-electron chi connectivity index (χ2n) is 4.55. The molecule has 7 heteroatoms. The Morgan fingerprint density at radius 2 is 1.86 bits per heavy atom. The number of anilines is 1. The maximum atomic E-state index is 13.0. The number of amides is 1. The molecule has 0 saturated carbocycles. The molecule has 2 aromatic carbocycles. The summed E-state index contributed by atoms with van der Waals surface area (Å²) in [5.41, 5.74) is 0.694. The molecule has 1 aliphatic heterocycles. The van der Waals surface area contributed by atoms with E-state index >= 15 is 0 Å². The number of nitrogens with one attached hydrogen (secondary N) is 1. The maximum Gasteiger partial charge on any atom is 0.257 e. The molecule has 0 radical (unpaired) electrons. The fraction of sp³-hybridized carbons (Fsp3) is 0.133. The van der Waals surface area contributed by atoms with E-state index < -0.39 is 11.7 Å². The zero-order valence-electron chi connectivity index (χ0n) is 11.2. The molecule has 0 atom stereocenters. The summed E-state index contributed by atoms with van der Waals surface area (Å²) in [6.45, 7) is 0.933. The number of hydrogen-bond acceptors (Lipinski definition) is 3. The fourth-order valence-electron chi connectivity index (χ4n) is 2.02. The highest BCUT2D eigenvalue weighted by molar-refractivity contribution is 9.10. The van der Waals surface area contributed by atoms with Gasteiger partial charge in [-0.25, -0.2) is 4.39 Å². The minimum atomic E-state index is -0.498. The molecule has 0 fully saturated rings. The van der Waals surface area contributed by atoms with Gasteiger partial charge in [-0.1, -0.05) is 11.6 Å². The summed E-state index contributed by atoms with van der Waals surface area (Å²) < 4.78 is 24.6. The summed E-state index contributed by atoms with van der Waals surface area (Å²) in [6.07, 6.45) is 0. The number of benzene rings is 2. The van der Waals surface area contributed by atoms with Crippen molar-refractivity contribution in [1.82, 2.24) is 0 Å². The number of fused-ring (bicyclic) bond motifs is 1. The van der Waals surface area contributed by atoms with Gasteiger partial charge in [-0.2, -0.15) is 0 Å². The third kappa shape index (κ3) is 3.03. The first-order valence-electron chi connectivity index (χ1n) is 6.40. The van der Waals surface area contributed by atoms with E-state index in [2.05, 4.69) is 21.2 Å². The Labute approximate surface area is 139 Å². The number of rotatable bonds is 2. The SMILES string of the molecule is O=C(Nc1cc2c(cc1Br)OCCO2)c1ccc(F)cc1Cl. The summed E-state index contributed by atoms with van der Waals surface area (Å²) in [6, 6.07) is 6.98. The molecular formula is C15H10BrClFNO3. The summed E-state index contributed by atoms with van der Waals surface area (Å²) in [7, 11) is 0. The van der Waals surface area contributed by atoms with Gasteiger partial charge in [0.05, 0.1) is 16.3 Å². The van der Waals surface area contributed by atoms with Crippen LogP contribution >= 0.6 is 27.5 Å². The summed E-state index contributed by atoms with van der Waals surface area (Å²) in [4.78, 5) is 12.3. The van der Waals surface area contributed by atoms with Crippen LogP contribution in [0, 0.1) is 5.82 Å². The van der Waals surface area contributed by atoms with Crippen molar-refractivity contribution in [3.8, 4) is 11.5 Å². The number of carbonyl (C=O) groups excluding carboxylic acids is 1. The van der Waals surface area contributed by atoms with Crippen molar-refractivity contribution in [1.29, 1.82) is 0 Å². The predicted molar refractivity (Wildman–Crippen MR) is 84.5 cm³/mol. The quantitative estimate of drug-likeness (QED) is 0.839. The van der Waals surface area contributed by atoms with Crippen LogP contribution < -0.4 is 14.8 Å². The summed E-state index contributed by atoms with van der Waals surface area (Å²) in [5.74, 6) is 0.218. The van der Waals surface area contributed by atoms with Crippen LogP contribution in [-0.2, 0) is 0 Å². The van der Waals surface area contributed by atoms with Gasteiger partial charge in [0, 0.05) is 16.6 Å². The highest BCUT2D eigenvalue weighted by Gasteiger charge is 2.18. The van der Waals surface area contributed by atoms with Crippen molar-refractivity contribution in [3.63, 3.8) is 0 Å². The molecule has 2 aromatic rings. The van der Waals surface area contributed by atoms with Crippen molar-refractivity contribution >= 4 is 39.1 Å². The standard InChI is InChI=1S/C15H10BrClFNO3/c16-10-6-13-14(22-4-3-21-13)7-12(10)19-15(20)9-2-1-8(18)5-11(9)17/h1-2,5-7H,3-4H2,(H,19,20). The molecule has 114 valence electrons. The van der Waals surface area contributed by atoms with Gasteiger partial charge >= 0.3 is 0 Å². The van der Waals surface area contributed by atoms with Crippen molar-refractivity contribution in [2.45, 2.75) is 0 Å². The number of halogens is 3. The molecule has 1 N–H and O–H groups in total. The van der Waals surface area contributed by atoms with Gasteiger partial charge in [0.25, 0.3) is 5.91 Å². The zero-order chi connectivity index (χ0) is 15.7. The second kappa shape index (κ2) is 6.14. The molecular weight excluding hydrogens is 377 g/mol. The van der Waals surface area contributed by atoms with Gasteiger partial charge in [-0.3, -0.25) is 4.79 Å². The Kier molecular flexibility index (Phi) is 4.22. The first-order chi connectivity index (χ1) is 10.5. The van der Waals surface area contributed by atoms with Crippen LogP contribution in [0.15, 0.2) is 34.8 Å². The van der Waals surface area contributed by atoms with Crippen molar-refractivity contribution in [2.24, 2.45) is 0 Å². The van der Waals surface area contributed by atoms with E-state index in [1.54, 1.807) is 12.1 Å². The van der Waals surface area contributed by atoms with Crippen molar-refractivity contribution in [3.05, 3.63) is 51.2 Å². The molecule has 0 aromatic heterocycles. The second-order valence-corrected chi connectivity index (χ2v) is 5.82. The predicted octanol–water partition coefficient (Wildman–Crippen LogP) is 4.27. The Hall–Kier alpha value is -1.79. The van der Waals surface area contributed by atoms with E-state index in [0.717, 1.165) is 6.07 Å². The Morgan fingerprint density at radius 3 is 2.55 bits per heavy atom.